The van der Waals surface area contributed by atoms with Crippen LogP contribution in [0.2, 0.25) is 0 Å². The fourth-order valence-electron chi connectivity index (χ4n) is 2.78. The lowest BCUT2D eigenvalue weighted by molar-refractivity contribution is -0.161. The van der Waals surface area contributed by atoms with E-state index in [4.69, 9.17) is 50.3 Å². The van der Waals surface area contributed by atoms with Gasteiger partial charge < -0.3 is 18.5 Å². The molecule has 2 aromatic carbocycles. The predicted octanol–water partition coefficient (Wildman–Crippen LogP) is 5.35. The molecule has 0 aromatic heterocycles. The van der Waals surface area contributed by atoms with Crippen LogP contribution in [-0.2, 0) is 27.9 Å². The molecule has 14 heteroatoms. The van der Waals surface area contributed by atoms with E-state index in [-0.39, 0.29) is 0 Å². The number of hydroxylamine groups is 4. The molecule has 2 fully saturated rings. The van der Waals surface area contributed by atoms with Gasteiger partial charge in [0, 0.05) is 48.7 Å². The van der Waals surface area contributed by atoms with Crippen molar-refractivity contribution in [3.63, 3.8) is 0 Å². The van der Waals surface area contributed by atoms with Crippen LogP contribution in [0.25, 0.3) is 0 Å². The molecule has 0 atom stereocenters. The molecular formula is C20H26Cl2N2O8P2. The minimum atomic E-state index is -3.66. The number of nitrogens with zero attached hydrogens (tertiary/aromatic N) is 2. The minimum Gasteiger partial charge on any atom is -0.405 e. The maximum atomic E-state index is 11.9. The quantitative estimate of drug-likeness (QED) is 0.397. The minimum absolute atomic E-state index is 0.404. The van der Waals surface area contributed by atoms with E-state index in [0.29, 0.717) is 64.1 Å². The zero-order chi connectivity index (χ0) is 24.3. The Morgan fingerprint density at radius 1 is 0.618 bits per heavy atom. The smallest absolute Gasteiger partial charge is 0.405 e. The van der Waals surface area contributed by atoms with Crippen LogP contribution in [-0.4, -0.2) is 62.7 Å². The molecule has 0 amide bonds. The Kier molecular flexibility index (Phi) is 11.1. The zero-order valence-electron chi connectivity index (χ0n) is 18.2. The highest BCUT2D eigenvalue weighted by molar-refractivity contribution is 7.82. The van der Waals surface area contributed by atoms with E-state index >= 15 is 0 Å². The number of rotatable bonds is 8. The van der Waals surface area contributed by atoms with Crippen molar-refractivity contribution in [3.05, 3.63) is 60.7 Å². The lowest BCUT2D eigenvalue weighted by atomic mass is 10.3. The number of morpholine rings is 2. The second-order valence-electron chi connectivity index (χ2n) is 6.92. The van der Waals surface area contributed by atoms with Crippen molar-refractivity contribution in [1.82, 2.24) is 10.1 Å². The second-order valence-corrected chi connectivity index (χ2v) is 11.8. The number of benzene rings is 2. The van der Waals surface area contributed by atoms with Gasteiger partial charge in [-0.05, 0) is 24.3 Å². The van der Waals surface area contributed by atoms with Crippen LogP contribution in [0.5, 0.6) is 11.5 Å². The molecule has 188 valence electrons. The van der Waals surface area contributed by atoms with Crippen LogP contribution in [0.1, 0.15) is 0 Å². The molecule has 2 aliphatic heterocycles. The number of halogens is 2. The Hall–Kier alpha value is -1.16. The predicted molar refractivity (Wildman–Crippen MR) is 128 cm³/mol. The average Bonchev–Trinajstić information content (AvgIpc) is 2.81. The number of para-hydroxylation sites is 2. The molecule has 0 unspecified atom stereocenters. The van der Waals surface area contributed by atoms with Gasteiger partial charge in [-0.1, -0.05) is 36.4 Å². The lowest BCUT2D eigenvalue weighted by Crippen LogP contribution is -2.38. The van der Waals surface area contributed by atoms with Gasteiger partial charge in [-0.3, -0.25) is 0 Å². The fraction of sp³-hybridized carbons (Fsp3) is 0.400. The van der Waals surface area contributed by atoms with Crippen molar-refractivity contribution in [3.8, 4) is 11.5 Å². The van der Waals surface area contributed by atoms with Crippen LogP contribution < -0.4 is 9.05 Å². The Bertz CT molecular complexity index is 879. The molecule has 2 saturated heterocycles. The molecule has 34 heavy (non-hydrogen) atoms. The molecule has 0 bridgehead atoms. The first-order valence-corrected chi connectivity index (χ1v) is 15.3. The van der Waals surface area contributed by atoms with E-state index in [1.54, 1.807) is 48.5 Å². The van der Waals surface area contributed by atoms with Crippen LogP contribution in [0.15, 0.2) is 60.7 Å². The lowest BCUT2D eigenvalue weighted by Gasteiger charge is -2.30. The van der Waals surface area contributed by atoms with E-state index in [1.807, 2.05) is 12.1 Å². The topological polar surface area (TPSA) is 96.0 Å². The van der Waals surface area contributed by atoms with Gasteiger partial charge in [0.1, 0.15) is 11.5 Å². The summed E-state index contributed by atoms with van der Waals surface area (Å²) < 4.78 is 54.6. The summed E-state index contributed by atoms with van der Waals surface area (Å²) in [6.07, 6.45) is 0. The van der Waals surface area contributed by atoms with Gasteiger partial charge in [-0.25, -0.2) is 18.4 Å². The molecule has 2 aromatic rings. The normalized spacial score (nSPS) is 17.9. The summed E-state index contributed by atoms with van der Waals surface area (Å²) in [4.78, 5) is 0. The van der Waals surface area contributed by atoms with Crippen molar-refractivity contribution >= 4 is 36.4 Å². The number of ether oxygens (including phenoxy) is 2. The van der Waals surface area contributed by atoms with Crippen molar-refractivity contribution < 1.29 is 36.9 Å². The van der Waals surface area contributed by atoms with Crippen molar-refractivity contribution in [1.29, 1.82) is 0 Å². The first-order valence-electron chi connectivity index (χ1n) is 10.4. The summed E-state index contributed by atoms with van der Waals surface area (Å²) in [5, 5.41) is 3.02. The van der Waals surface area contributed by atoms with Gasteiger partial charge in [0.05, 0.1) is 26.4 Å². The summed E-state index contributed by atoms with van der Waals surface area (Å²) in [5.41, 5.74) is 0. The maximum absolute atomic E-state index is 11.9. The highest BCUT2D eigenvalue weighted by Gasteiger charge is 2.31. The summed E-state index contributed by atoms with van der Waals surface area (Å²) in [7, 11) is 0. The SMILES string of the molecule is O=P(Cl)(ON1CCOCC1)ON1CCOCC1.O=P(Cl)(Oc1ccccc1)Oc1ccccc1. The van der Waals surface area contributed by atoms with Crippen molar-refractivity contribution in [2.24, 2.45) is 0 Å². The van der Waals surface area contributed by atoms with E-state index < -0.39 is 13.9 Å². The number of hydrogen-bond acceptors (Lipinski definition) is 10. The Morgan fingerprint density at radius 2 is 0.971 bits per heavy atom. The molecule has 0 aliphatic carbocycles. The first-order chi connectivity index (χ1) is 16.3. The molecule has 0 spiro atoms. The molecule has 2 aliphatic rings. The molecule has 4 rings (SSSR count). The van der Waals surface area contributed by atoms with Crippen LogP contribution in [0.3, 0.4) is 0 Å². The number of hydrogen-bond donors (Lipinski definition) is 0. The standard InChI is InChI=1S/C12H10ClO3P.C8H16ClN2O5P/c13-17(14,15-11-7-3-1-4-8-11)16-12-9-5-2-6-10-12;9-17(12,15-10-1-5-13-6-2-10)16-11-3-7-14-8-4-11/h1-10H;1-8H2. The van der Waals surface area contributed by atoms with Gasteiger partial charge >= 0.3 is 13.9 Å². The van der Waals surface area contributed by atoms with Crippen LogP contribution >= 0.6 is 36.4 Å². The summed E-state index contributed by atoms with van der Waals surface area (Å²) >= 11 is 11.5. The third-order valence-corrected chi connectivity index (χ3v) is 6.78. The average molecular weight is 555 g/mol. The second kappa shape index (κ2) is 13.8. The van der Waals surface area contributed by atoms with Gasteiger partial charge in [0.25, 0.3) is 0 Å². The largest absolute Gasteiger partial charge is 0.530 e. The van der Waals surface area contributed by atoms with E-state index in [1.165, 1.54) is 10.1 Å². The van der Waals surface area contributed by atoms with E-state index in [9.17, 15) is 9.13 Å². The van der Waals surface area contributed by atoms with Gasteiger partial charge in [0.2, 0.25) is 0 Å². The highest BCUT2D eigenvalue weighted by Crippen LogP contribution is 2.55. The van der Waals surface area contributed by atoms with Crippen molar-refractivity contribution in [2.45, 2.75) is 0 Å². The van der Waals surface area contributed by atoms with Gasteiger partial charge in [0.15, 0.2) is 0 Å². The monoisotopic (exact) mass is 554 g/mol. The molecule has 0 radical (unpaired) electrons. The zero-order valence-corrected chi connectivity index (χ0v) is 21.5. The highest BCUT2D eigenvalue weighted by atomic mass is 35.7. The third kappa shape index (κ3) is 10.6. The molecule has 2 heterocycles. The summed E-state index contributed by atoms with van der Waals surface area (Å²) in [6.45, 7) is -3.01. The third-order valence-electron chi connectivity index (χ3n) is 4.28. The molecular weight excluding hydrogens is 529 g/mol. The fourth-order valence-corrected chi connectivity index (χ4v) is 5.47. The van der Waals surface area contributed by atoms with Crippen LogP contribution in [0.4, 0.5) is 0 Å². The molecule has 0 saturated carbocycles. The van der Waals surface area contributed by atoms with E-state index in [0.717, 1.165) is 0 Å². The van der Waals surface area contributed by atoms with Gasteiger partial charge in [-0.15, -0.1) is 0 Å². The Morgan fingerprint density at radius 3 is 1.32 bits per heavy atom. The maximum Gasteiger partial charge on any atom is 0.530 e. The van der Waals surface area contributed by atoms with E-state index in [2.05, 4.69) is 0 Å². The van der Waals surface area contributed by atoms with Gasteiger partial charge in [-0.2, -0.15) is 10.1 Å². The molecule has 10 nitrogen and oxygen atoms in total. The Balaban J connectivity index is 0.000000191. The van der Waals surface area contributed by atoms with Crippen molar-refractivity contribution in [2.75, 3.05) is 52.6 Å². The van der Waals surface area contributed by atoms with Crippen LogP contribution in [0, 0.1) is 0 Å². The summed E-state index contributed by atoms with van der Waals surface area (Å²) in [6, 6.07) is 17.3. The summed E-state index contributed by atoms with van der Waals surface area (Å²) in [5.74, 6) is 0.809. The first kappa shape index (κ1) is 27.4. The molecule has 0 N–H and O–H groups in total. The Labute approximate surface area is 208 Å².